The van der Waals surface area contributed by atoms with E-state index >= 15 is 0 Å². The highest BCUT2D eigenvalue weighted by Crippen LogP contribution is 2.38. The predicted molar refractivity (Wildman–Crippen MR) is 55.7 cm³/mol. The Bertz CT molecular complexity index is 441. The fourth-order valence-electron chi connectivity index (χ4n) is 2.30. The molecule has 0 aliphatic heterocycles. The first-order valence-corrected chi connectivity index (χ1v) is 5.05. The number of carboxylic acid groups (broad SMARTS) is 1. The Kier molecular flexibility index (Phi) is 2.38. The molecule has 0 bridgehead atoms. The van der Waals surface area contributed by atoms with E-state index in [1.165, 1.54) is 0 Å². The van der Waals surface area contributed by atoms with Gasteiger partial charge in [0.15, 0.2) is 0 Å². The second-order valence-electron chi connectivity index (χ2n) is 3.93. The quantitative estimate of drug-likeness (QED) is 0.607. The van der Waals surface area contributed by atoms with Gasteiger partial charge in [-0.1, -0.05) is 24.3 Å². The Morgan fingerprint density at radius 2 is 2.12 bits per heavy atom. The van der Waals surface area contributed by atoms with Gasteiger partial charge in [0, 0.05) is 16.9 Å². The average molecular weight is 221 g/mol. The lowest BCUT2D eigenvalue weighted by molar-refractivity contribution is -0.566. The van der Waals surface area contributed by atoms with Gasteiger partial charge in [0.2, 0.25) is 0 Å². The van der Waals surface area contributed by atoms with Crippen molar-refractivity contribution in [1.29, 1.82) is 0 Å². The highest BCUT2D eigenvalue weighted by Gasteiger charge is 2.55. The molecule has 5 nitrogen and oxygen atoms in total. The molecule has 16 heavy (non-hydrogen) atoms. The van der Waals surface area contributed by atoms with Crippen LogP contribution in [-0.2, 0) is 16.8 Å². The van der Waals surface area contributed by atoms with Crippen LogP contribution in [0.1, 0.15) is 24.0 Å². The van der Waals surface area contributed by atoms with Crippen LogP contribution in [0.5, 0.6) is 0 Å². The van der Waals surface area contributed by atoms with Gasteiger partial charge in [-0.25, -0.2) is 4.79 Å². The minimum absolute atomic E-state index is 0.0619. The number of nitrogens with zero attached hydrogens (tertiary/aromatic N) is 1. The van der Waals surface area contributed by atoms with Gasteiger partial charge < -0.3 is 5.11 Å². The van der Waals surface area contributed by atoms with Crippen LogP contribution in [-0.4, -0.2) is 16.0 Å². The van der Waals surface area contributed by atoms with Gasteiger partial charge in [0.25, 0.3) is 0 Å². The molecule has 0 amide bonds. The molecule has 0 saturated carbocycles. The average Bonchev–Trinajstić information content (AvgIpc) is 2.27. The molecule has 0 fully saturated rings. The molecule has 1 aliphatic carbocycles. The predicted octanol–water partition coefficient (Wildman–Crippen LogP) is 1.58. The zero-order chi connectivity index (χ0) is 11.8. The number of aliphatic carboxylic acids is 1. The molecule has 0 spiro atoms. The van der Waals surface area contributed by atoms with Crippen molar-refractivity contribution in [3.8, 4) is 0 Å². The summed E-state index contributed by atoms with van der Waals surface area (Å²) >= 11 is 0. The van der Waals surface area contributed by atoms with Gasteiger partial charge >= 0.3 is 11.5 Å². The van der Waals surface area contributed by atoms with Crippen LogP contribution in [0.25, 0.3) is 0 Å². The Hall–Kier alpha value is -1.91. The van der Waals surface area contributed by atoms with Crippen molar-refractivity contribution in [3.05, 3.63) is 45.5 Å². The van der Waals surface area contributed by atoms with Crippen LogP contribution in [0.4, 0.5) is 0 Å². The van der Waals surface area contributed by atoms with Gasteiger partial charge in [0.1, 0.15) is 0 Å². The first-order chi connectivity index (χ1) is 7.59. The SMILES string of the molecule is O=C(O)C1([N+](=O)[O-])CCCc2ccccc21. The lowest BCUT2D eigenvalue weighted by atomic mass is 9.77. The van der Waals surface area contributed by atoms with Crippen molar-refractivity contribution in [3.63, 3.8) is 0 Å². The molecular weight excluding hydrogens is 210 g/mol. The van der Waals surface area contributed by atoms with Gasteiger partial charge in [-0.15, -0.1) is 0 Å². The summed E-state index contributed by atoms with van der Waals surface area (Å²) in [5.41, 5.74) is -0.846. The van der Waals surface area contributed by atoms with E-state index < -0.39 is 16.4 Å². The Morgan fingerprint density at radius 1 is 1.44 bits per heavy atom. The molecule has 1 unspecified atom stereocenters. The number of aryl methyl sites for hydroxylation is 1. The summed E-state index contributed by atoms with van der Waals surface area (Å²) < 4.78 is 0. The molecule has 0 radical (unpaired) electrons. The maximum Gasteiger partial charge on any atom is 0.387 e. The normalized spacial score (nSPS) is 23.5. The van der Waals surface area contributed by atoms with Crippen LogP contribution < -0.4 is 0 Å². The molecule has 1 aromatic carbocycles. The number of hydrogen-bond acceptors (Lipinski definition) is 3. The van der Waals surface area contributed by atoms with E-state index in [9.17, 15) is 14.9 Å². The van der Waals surface area contributed by atoms with Crippen molar-refractivity contribution < 1.29 is 14.8 Å². The second kappa shape index (κ2) is 3.59. The lowest BCUT2D eigenvalue weighted by Gasteiger charge is -2.27. The summed E-state index contributed by atoms with van der Waals surface area (Å²) in [5, 5.41) is 20.3. The fraction of sp³-hybridized carbons (Fsp3) is 0.364. The zero-order valence-electron chi connectivity index (χ0n) is 8.55. The summed E-state index contributed by atoms with van der Waals surface area (Å²) in [4.78, 5) is 21.7. The molecule has 0 saturated heterocycles. The van der Waals surface area contributed by atoms with Gasteiger partial charge in [-0.05, 0) is 18.4 Å². The van der Waals surface area contributed by atoms with Gasteiger partial charge in [-0.3, -0.25) is 10.1 Å². The second-order valence-corrected chi connectivity index (χ2v) is 3.93. The Labute approximate surface area is 91.9 Å². The van der Waals surface area contributed by atoms with E-state index in [0.29, 0.717) is 18.4 Å². The molecule has 5 heteroatoms. The largest absolute Gasteiger partial charge is 0.476 e. The number of hydrogen-bond donors (Lipinski definition) is 1. The lowest BCUT2D eigenvalue weighted by Crippen LogP contribution is -2.46. The van der Waals surface area contributed by atoms with Crippen LogP contribution in [0, 0.1) is 10.1 Å². The highest BCUT2D eigenvalue weighted by atomic mass is 16.6. The van der Waals surface area contributed by atoms with E-state index in [1.807, 2.05) is 0 Å². The standard InChI is InChI=1S/C11H11NO4/c13-10(14)11(12(15)16)7-3-5-8-4-1-2-6-9(8)11/h1-2,4,6H,3,5,7H2,(H,13,14). The molecule has 1 aromatic rings. The highest BCUT2D eigenvalue weighted by molar-refractivity contribution is 5.80. The maximum absolute atomic E-state index is 11.2. The molecule has 1 N–H and O–H groups in total. The first kappa shape index (κ1) is 10.6. The van der Waals surface area contributed by atoms with Crippen molar-refractivity contribution in [2.24, 2.45) is 0 Å². The summed E-state index contributed by atoms with van der Waals surface area (Å²) in [7, 11) is 0. The van der Waals surface area contributed by atoms with Gasteiger partial charge in [0.05, 0.1) is 0 Å². The van der Waals surface area contributed by atoms with Crippen LogP contribution >= 0.6 is 0 Å². The van der Waals surface area contributed by atoms with Gasteiger partial charge in [-0.2, -0.15) is 0 Å². The van der Waals surface area contributed by atoms with E-state index in [0.717, 1.165) is 5.56 Å². The number of nitro groups is 1. The zero-order valence-corrected chi connectivity index (χ0v) is 8.55. The Balaban J connectivity index is 2.66. The van der Waals surface area contributed by atoms with Crippen molar-refractivity contribution in [2.75, 3.05) is 0 Å². The minimum atomic E-state index is -1.95. The first-order valence-electron chi connectivity index (χ1n) is 5.05. The number of carboxylic acids is 1. The molecular formula is C11H11NO4. The summed E-state index contributed by atoms with van der Waals surface area (Å²) in [6.07, 6.45) is 1.30. The Morgan fingerprint density at radius 3 is 2.75 bits per heavy atom. The topological polar surface area (TPSA) is 80.4 Å². The number of fused-ring (bicyclic) bond motifs is 1. The monoisotopic (exact) mass is 221 g/mol. The number of rotatable bonds is 2. The fourth-order valence-corrected chi connectivity index (χ4v) is 2.30. The molecule has 2 rings (SSSR count). The summed E-state index contributed by atoms with van der Waals surface area (Å²) in [6.45, 7) is 0. The van der Waals surface area contributed by atoms with E-state index in [1.54, 1.807) is 24.3 Å². The van der Waals surface area contributed by atoms with E-state index in [2.05, 4.69) is 0 Å². The van der Waals surface area contributed by atoms with Crippen molar-refractivity contribution >= 4 is 5.97 Å². The van der Waals surface area contributed by atoms with E-state index in [-0.39, 0.29) is 6.42 Å². The summed E-state index contributed by atoms with van der Waals surface area (Å²) in [5.74, 6) is -1.37. The van der Waals surface area contributed by atoms with Crippen molar-refractivity contribution in [2.45, 2.75) is 24.8 Å². The maximum atomic E-state index is 11.2. The molecule has 84 valence electrons. The molecule has 0 aromatic heterocycles. The smallest absolute Gasteiger partial charge is 0.387 e. The third-order valence-corrected chi connectivity index (χ3v) is 3.11. The third kappa shape index (κ3) is 1.28. The minimum Gasteiger partial charge on any atom is -0.476 e. The van der Waals surface area contributed by atoms with Crippen LogP contribution in [0.3, 0.4) is 0 Å². The number of benzene rings is 1. The van der Waals surface area contributed by atoms with Crippen molar-refractivity contribution in [1.82, 2.24) is 0 Å². The molecule has 0 heterocycles. The molecule has 1 atom stereocenters. The summed E-state index contributed by atoms with van der Waals surface area (Å²) in [6, 6.07) is 6.73. The van der Waals surface area contributed by atoms with Crippen LogP contribution in [0.15, 0.2) is 24.3 Å². The van der Waals surface area contributed by atoms with E-state index in [4.69, 9.17) is 5.11 Å². The number of carbonyl (C=O) groups is 1. The third-order valence-electron chi connectivity index (χ3n) is 3.11. The molecule has 1 aliphatic rings. The van der Waals surface area contributed by atoms with Crippen LogP contribution in [0.2, 0.25) is 0 Å².